The molecule has 1 rings (SSSR count). The van der Waals surface area contributed by atoms with E-state index in [2.05, 4.69) is 11.2 Å². The van der Waals surface area contributed by atoms with E-state index in [9.17, 15) is 13.2 Å². The van der Waals surface area contributed by atoms with Crippen LogP contribution in [0.25, 0.3) is 0 Å². The molecular formula is C12H13ClN2O3S. The first-order valence-electron chi connectivity index (χ1n) is 5.39. The SMILES string of the molecule is C#CCCCNC(=O)c1cc(Cl)cc(S(N)(=O)=O)c1. The normalized spacial score (nSPS) is 10.8. The van der Waals surface area contributed by atoms with Crippen molar-refractivity contribution in [3.8, 4) is 12.3 Å². The van der Waals surface area contributed by atoms with Crippen molar-refractivity contribution in [3.63, 3.8) is 0 Å². The molecule has 0 aliphatic heterocycles. The molecular weight excluding hydrogens is 288 g/mol. The number of rotatable bonds is 5. The summed E-state index contributed by atoms with van der Waals surface area (Å²) in [5, 5.41) is 7.73. The molecule has 0 saturated heterocycles. The average molecular weight is 301 g/mol. The number of hydrogen-bond acceptors (Lipinski definition) is 3. The van der Waals surface area contributed by atoms with Crippen LogP contribution in [0.3, 0.4) is 0 Å². The second-order valence-corrected chi connectivity index (χ2v) is 5.78. The Kier molecular flexibility index (Phi) is 5.36. The van der Waals surface area contributed by atoms with Crippen molar-refractivity contribution < 1.29 is 13.2 Å². The lowest BCUT2D eigenvalue weighted by Crippen LogP contribution is -2.25. The van der Waals surface area contributed by atoms with Crippen molar-refractivity contribution in [2.24, 2.45) is 5.14 Å². The zero-order valence-corrected chi connectivity index (χ0v) is 11.6. The van der Waals surface area contributed by atoms with Crippen molar-refractivity contribution in [2.75, 3.05) is 6.54 Å². The number of primary sulfonamides is 1. The summed E-state index contributed by atoms with van der Waals surface area (Å²) in [4.78, 5) is 11.6. The maximum Gasteiger partial charge on any atom is 0.251 e. The van der Waals surface area contributed by atoms with E-state index in [1.54, 1.807) is 0 Å². The summed E-state index contributed by atoms with van der Waals surface area (Å²) in [6.07, 6.45) is 6.28. The zero-order valence-electron chi connectivity index (χ0n) is 10.0. The third-order valence-electron chi connectivity index (χ3n) is 2.25. The van der Waals surface area contributed by atoms with Crippen LogP contribution in [0.5, 0.6) is 0 Å². The van der Waals surface area contributed by atoms with E-state index in [1.165, 1.54) is 18.2 Å². The van der Waals surface area contributed by atoms with E-state index < -0.39 is 15.9 Å². The number of hydrogen-bond donors (Lipinski definition) is 2. The molecule has 0 aliphatic carbocycles. The minimum absolute atomic E-state index is 0.125. The summed E-state index contributed by atoms with van der Waals surface area (Å²) < 4.78 is 22.4. The molecule has 0 fully saturated rings. The van der Waals surface area contributed by atoms with Crippen LogP contribution >= 0.6 is 11.6 Å². The lowest BCUT2D eigenvalue weighted by molar-refractivity contribution is 0.0953. The molecule has 19 heavy (non-hydrogen) atoms. The molecule has 3 N–H and O–H groups in total. The van der Waals surface area contributed by atoms with Gasteiger partial charge in [-0.3, -0.25) is 4.79 Å². The molecule has 5 nitrogen and oxygen atoms in total. The maximum absolute atomic E-state index is 11.8. The van der Waals surface area contributed by atoms with Gasteiger partial charge in [-0.2, -0.15) is 0 Å². The van der Waals surface area contributed by atoms with Gasteiger partial charge in [0.2, 0.25) is 10.0 Å². The van der Waals surface area contributed by atoms with Gasteiger partial charge >= 0.3 is 0 Å². The van der Waals surface area contributed by atoms with Crippen LogP contribution in [0.2, 0.25) is 5.02 Å². The van der Waals surface area contributed by atoms with Crippen LogP contribution in [-0.2, 0) is 10.0 Å². The van der Waals surface area contributed by atoms with E-state index in [0.29, 0.717) is 19.4 Å². The number of carbonyl (C=O) groups is 1. The van der Waals surface area contributed by atoms with E-state index in [4.69, 9.17) is 23.2 Å². The van der Waals surface area contributed by atoms with Crippen LogP contribution < -0.4 is 10.5 Å². The largest absolute Gasteiger partial charge is 0.352 e. The number of sulfonamides is 1. The first-order valence-corrected chi connectivity index (χ1v) is 7.32. The summed E-state index contributed by atoms with van der Waals surface area (Å²) in [6.45, 7) is 0.403. The van der Waals surface area contributed by atoms with Gasteiger partial charge in [0, 0.05) is 23.6 Å². The van der Waals surface area contributed by atoms with Crippen molar-refractivity contribution in [1.82, 2.24) is 5.32 Å². The molecule has 1 amide bonds. The topological polar surface area (TPSA) is 89.3 Å². The zero-order chi connectivity index (χ0) is 14.5. The van der Waals surface area contributed by atoms with Gasteiger partial charge in [-0.25, -0.2) is 13.6 Å². The standard InChI is InChI=1S/C12H13ClN2O3S/c1-2-3-4-5-15-12(16)9-6-10(13)8-11(7-9)19(14,17)18/h1,6-8H,3-5H2,(H,15,16)(H2,14,17,18). The lowest BCUT2D eigenvalue weighted by atomic mass is 10.2. The quantitative estimate of drug-likeness (QED) is 0.631. The smallest absolute Gasteiger partial charge is 0.251 e. The molecule has 0 aromatic heterocycles. The van der Waals surface area contributed by atoms with Crippen LogP contribution in [0.15, 0.2) is 23.1 Å². The van der Waals surface area contributed by atoms with Crippen molar-refractivity contribution >= 4 is 27.5 Å². The first kappa shape index (κ1) is 15.5. The summed E-state index contributed by atoms with van der Waals surface area (Å²) in [5.74, 6) is 2.02. The van der Waals surface area contributed by atoms with Gasteiger partial charge in [-0.15, -0.1) is 12.3 Å². The maximum atomic E-state index is 11.8. The van der Waals surface area contributed by atoms with E-state index >= 15 is 0 Å². The number of amides is 1. The van der Waals surface area contributed by atoms with Crippen molar-refractivity contribution in [3.05, 3.63) is 28.8 Å². The van der Waals surface area contributed by atoms with Crippen LogP contribution in [0.4, 0.5) is 0 Å². The van der Waals surface area contributed by atoms with E-state index in [0.717, 1.165) is 0 Å². The molecule has 0 heterocycles. The number of nitrogens with two attached hydrogens (primary N) is 1. The van der Waals surface area contributed by atoms with Crippen LogP contribution in [0.1, 0.15) is 23.2 Å². The summed E-state index contributed by atoms with van der Waals surface area (Å²) in [7, 11) is -3.90. The van der Waals surface area contributed by atoms with Crippen LogP contribution in [0, 0.1) is 12.3 Å². The fourth-order valence-corrected chi connectivity index (χ4v) is 2.23. The van der Waals surface area contributed by atoms with Gasteiger partial charge in [-0.1, -0.05) is 11.6 Å². The molecule has 0 bridgehead atoms. The summed E-state index contributed by atoms with van der Waals surface area (Å²) in [5.41, 5.74) is 0.136. The summed E-state index contributed by atoms with van der Waals surface area (Å²) in [6, 6.07) is 3.73. The predicted octanol–water partition coefficient (Wildman–Crippen LogP) is 1.13. The minimum atomic E-state index is -3.90. The summed E-state index contributed by atoms with van der Waals surface area (Å²) >= 11 is 5.76. The molecule has 0 unspecified atom stereocenters. The molecule has 0 radical (unpaired) electrons. The Morgan fingerprint density at radius 3 is 2.68 bits per heavy atom. The molecule has 1 aromatic rings. The number of carbonyl (C=O) groups excluding carboxylic acids is 1. The number of terminal acetylenes is 1. The molecule has 102 valence electrons. The molecule has 0 saturated carbocycles. The van der Waals surface area contributed by atoms with E-state index in [1.807, 2.05) is 0 Å². The number of benzene rings is 1. The predicted molar refractivity (Wildman–Crippen MR) is 73.2 cm³/mol. The average Bonchev–Trinajstić information content (AvgIpc) is 2.32. The Labute approximate surface area is 117 Å². The highest BCUT2D eigenvalue weighted by Gasteiger charge is 2.13. The van der Waals surface area contributed by atoms with Gasteiger partial charge in [0.25, 0.3) is 5.91 Å². The molecule has 1 aromatic carbocycles. The highest BCUT2D eigenvalue weighted by molar-refractivity contribution is 7.89. The number of unbranched alkanes of at least 4 members (excludes halogenated alkanes) is 1. The fraction of sp³-hybridized carbons (Fsp3) is 0.250. The highest BCUT2D eigenvalue weighted by atomic mass is 35.5. The van der Waals surface area contributed by atoms with Gasteiger partial charge < -0.3 is 5.32 Å². The first-order chi connectivity index (χ1) is 8.84. The Hall–Kier alpha value is -1.55. The Bertz CT molecular complexity index is 620. The highest BCUT2D eigenvalue weighted by Crippen LogP contribution is 2.18. The van der Waals surface area contributed by atoms with Crippen LogP contribution in [-0.4, -0.2) is 20.9 Å². The minimum Gasteiger partial charge on any atom is -0.352 e. The number of nitrogens with one attached hydrogen (secondary N) is 1. The molecule has 0 atom stereocenters. The fourth-order valence-electron chi connectivity index (χ4n) is 1.35. The van der Waals surface area contributed by atoms with Crippen molar-refractivity contribution in [2.45, 2.75) is 17.7 Å². The van der Waals surface area contributed by atoms with Gasteiger partial charge in [0.15, 0.2) is 0 Å². The third kappa shape index (κ3) is 4.91. The van der Waals surface area contributed by atoms with Gasteiger partial charge in [0.05, 0.1) is 4.90 Å². The third-order valence-corrected chi connectivity index (χ3v) is 3.36. The second-order valence-electron chi connectivity index (χ2n) is 3.78. The van der Waals surface area contributed by atoms with Gasteiger partial charge in [-0.05, 0) is 24.6 Å². The Morgan fingerprint density at radius 1 is 1.42 bits per heavy atom. The van der Waals surface area contributed by atoms with E-state index in [-0.39, 0.29) is 15.5 Å². The molecule has 7 heteroatoms. The monoisotopic (exact) mass is 300 g/mol. The second kappa shape index (κ2) is 6.57. The Morgan fingerprint density at radius 2 is 2.11 bits per heavy atom. The Balaban J connectivity index is 2.87. The van der Waals surface area contributed by atoms with Crippen molar-refractivity contribution in [1.29, 1.82) is 0 Å². The lowest BCUT2D eigenvalue weighted by Gasteiger charge is -2.06. The molecule has 0 aliphatic rings. The van der Waals surface area contributed by atoms with Gasteiger partial charge in [0.1, 0.15) is 0 Å². The molecule has 0 spiro atoms. The number of halogens is 1.